The number of rotatable bonds is 12. The molecule has 3 aromatic heterocycles. The van der Waals surface area contributed by atoms with Crippen LogP contribution in [0.15, 0.2) is 67.1 Å². The maximum Gasteiger partial charge on any atom is 0.301 e. The van der Waals surface area contributed by atoms with Crippen molar-refractivity contribution in [2.45, 2.75) is 57.5 Å². The molecule has 1 spiro atoms. The van der Waals surface area contributed by atoms with E-state index >= 15 is 8.78 Å². The lowest BCUT2D eigenvalue weighted by molar-refractivity contribution is -0.138. The molecule has 5 aromatic rings. The lowest BCUT2D eigenvalue weighted by Crippen LogP contribution is -2.72. The van der Waals surface area contributed by atoms with Crippen LogP contribution in [0.25, 0.3) is 22.2 Å². The highest BCUT2D eigenvalue weighted by Gasteiger charge is 2.52. The van der Waals surface area contributed by atoms with Crippen molar-refractivity contribution in [2.24, 2.45) is 17.3 Å². The summed E-state index contributed by atoms with van der Waals surface area (Å²) in [5.74, 6) is -3.52. The zero-order valence-corrected chi connectivity index (χ0v) is 39.2. The van der Waals surface area contributed by atoms with Gasteiger partial charge in [0.1, 0.15) is 23.5 Å². The number of H-pyrrole nitrogens is 1. The molecule has 70 heavy (non-hydrogen) atoms. The maximum atomic E-state index is 15.8. The molecular weight excluding hydrogens is 926 g/mol. The van der Waals surface area contributed by atoms with Gasteiger partial charge in [-0.15, -0.1) is 0 Å². The van der Waals surface area contributed by atoms with Gasteiger partial charge >= 0.3 is 10.2 Å². The minimum atomic E-state index is -4.36. The summed E-state index contributed by atoms with van der Waals surface area (Å²) >= 11 is 0. The number of benzene rings is 2. The van der Waals surface area contributed by atoms with Gasteiger partial charge < -0.3 is 19.7 Å². The monoisotopic (exact) mass is 978 g/mol. The number of nitrogens with zero attached hydrogens (tertiary/aromatic N) is 7. The molecule has 1 unspecified atom stereocenters. The zero-order chi connectivity index (χ0) is 48.5. The number of carbonyl (C=O) groups is 4. The summed E-state index contributed by atoms with van der Waals surface area (Å²) in [5.41, 5.74) is 3.88. The van der Waals surface area contributed by atoms with Gasteiger partial charge in [0.05, 0.1) is 11.3 Å². The normalized spacial score (nSPS) is 22.0. The lowest BCUT2D eigenvalue weighted by Gasteiger charge is -2.62. The van der Waals surface area contributed by atoms with Crippen molar-refractivity contribution in [2.75, 3.05) is 84.9 Å². The Labute approximate surface area is 402 Å². The number of aromatic nitrogens is 3. The highest BCUT2D eigenvalue weighted by Crippen LogP contribution is 2.45. The van der Waals surface area contributed by atoms with Gasteiger partial charge in [0.25, 0.3) is 0 Å². The van der Waals surface area contributed by atoms with Crippen LogP contribution in [0.3, 0.4) is 0 Å². The van der Waals surface area contributed by atoms with Crippen LogP contribution in [-0.4, -0.2) is 128 Å². The molecule has 3 N–H and O–H groups in total. The van der Waals surface area contributed by atoms with E-state index in [0.29, 0.717) is 41.3 Å². The third-order valence-electron chi connectivity index (χ3n) is 15.1. The summed E-state index contributed by atoms with van der Waals surface area (Å²) in [6.45, 7) is 7.12. The Morgan fingerprint density at radius 3 is 2.40 bits per heavy atom. The highest BCUT2D eigenvalue weighted by atomic mass is 32.2. The first-order chi connectivity index (χ1) is 33.7. The van der Waals surface area contributed by atoms with E-state index in [4.69, 9.17) is 0 Å². The predicted octanol–water partition coefficient (Wildman–Crippen LogP) is 5.60. The second-order valence-electron chi connectivity index (χ2n) is 19.9. The number of hydrogen-bond acceptors (Lipinski definition) is 11. The van der Waals surface area contributed by atoms with E-state index in [1.807, 2.05) is 16.9 Å². The Bertz CT molecular complexity index is 3020. The fraction of sp³-hybridized carbons (Fsp3) is 0.440. The summed E-state index contributed by atoms with van der Waals surface area (Å²) in [4.78, 5) is 72.3. The summed E-state index contributed by atoms with van der Waals surface area (Å²) in [6.07, 6.45) is 7.98. The van der Waals surface area contributed by atoms with Crippen LogP contribution in [0.1, 0.15) is 66.4 Å². The molecule has 2 aromatic carbocycles. The number of halogens is 3. The Hall–Kier alpha value is -6.38. The Balaban J connectivity index is 0.671. The molecule has 3 amide bonds. The molecule has 0 aliphatic carbocycles. The number of amides is 3. The quantitative estimate of drug-likeness (QED) is 0.105. The SMILES string of the molecule is O=C1CCC(CC(=O)N2CCCc3c(N4CC5(CN(CC6CCN(c7ccc(-c8cnc9[nH]cc(C(=O)c%10c(F)ccc(NS(=O)(=O)N%11CC[C@@H](F)C%11)c%10F)c9c8)cc7)CC6)C5)C4)ccnc32)C(=O)N1. The number of piperidine rings is 2. The van der Waals surface area contributed by atoms with Crippen molar-refractivity contribution < 1.29 is 40.8 Å². The number of aromatic amines is 1. The first kappa shape index (κ1) is 46.0. The number of hydrogen-bond donors (Lipinski definition) is 3. The van der Waals surface area contributed by atoms with Crippen LogP contribution in [0.4, 0.5) is 36.1 Å². The van der Waals surface area contributed by atoms with Crippen molar-refractivity contribution in [1.82, 2.24) is 29.5 Å². The number of likely N-dealkylation sites (tertiary alicyclic amines) is 1. The van der Waals surface area contributed by atoms with Crippen molar-refractivity contribution in [1.29, 1.82) is 0 Å². The number of ketones is 1. The third kappa shape index (κ3) is 8.67. The molecule has 0 radical (unpaired) electrons. The van der Waals surface area contributed by atoms with Crippen molar-refractivity contribution in [3.05, 3.63) is 95.4 Å². The van der Waals surface area contributed by atoms with Gasteiger partial charge in [0.2, 0.25) is 23.5 Å². The fourth-order valence-corrected chi connectivity index (χ4v) is 12.7. The van der Waals surface area contributed by atoms with E-state index in [1.165, 1.54) is 6.20 Å². The number of carbonyl (C=O) groups excluding carboxylic acids is 4. The summed E-state index contributed by atoms with van der Waals surface area (Å²) in [5, 5.41) is 2.70. The molecule has 5 fully saturated rings. The standard InChI is InChI=1S/C50H53F3N10O6S/c51-34-14-19-62(25-34)70(68,69)58-40-9-8-39(52)44(45(40)53)46(66)38-23-56-47-37(38)20-33(22-55-47)31-3-6-35(7-4-31)60-17-12-30(13-18-60)24-59-26-50(27-59)28-61(29-50)41-11-15-54-48-36(41)2-1-16-63(48)43(65)21-32-5-10-42(64)57-49(32)67/h3-4,6-9,11,15,20,22-23,30,32,34,58H,1-2,5,10,12-14,16-19,21,24-29H2,(H,55,56)(H,57,64,67)/t32?,34-/m1/s1. The largest absolute Gasteiger partial charge is 0.372 e. The number of anilines is 4. The van der Waals surface area contributed by atoms with Gasteiger partial charge in [-0.05, 0) is 86.4 Å². The van der Waals surface area contributed by atoms with Gasteiger partial charge in [-0.3, -0.25) is 34.1 Å². The minimum absolute atomic E-state index is 0.00470. The number of imide groups is 1. The molecule has 0 bridgehead atoms. The van der Waals surface area contributed by atoms with Crippen molar-refractivity contribution in [3.8, 4) is 11.1 Å². The smallest absolute Gasteiger partial charge is 0.301 e. The van der Waals surface area contributed by atoms with Gasteiger partial charge in [0, 0.05) is 142 Å². The molecular formula is C50H53F3N10O6S. The number of pyridine rings is 2. The fourth-order valence-electron chi connectivity index (χ4n) is 11.5. The van der Waals surface area contributed by atoms with Crippen LogP contribution in [-0.2, 0) is 31.0 Å². The Morgan fingerprint density at radius 1 is 0.871 bits per heavy atom. The molecule has 11 rings (SSSR count). The molecule has 366 valence electrons. The third-order valence-corrected chi connectivity index (χ3v) is 16.6. The summed E-state index contributed by atoms with van der Waals surface area (Å²) < 4.78 is 73.2. The predicted molar refractivity (Wildman–Crippen MR) is 256 cm³/mol. The maximum absolute atomic E-state index is 15.8. The van der Waals surface area contributed by atoms with Gasteiger partial charge in [0.15, 0.2) is 5.82 Å². The molecule has 6 aliphatic heterocycles. The van der Waals surface area contributed by atoms with E-state index in [1.54, 1.807) is 23.4 Å². The summed E-state index contributed by atoms with van der Waals surface area (Å²) in [7, 11) is -4.36. The van der Waals surface area contributed by atoms with E-state index in [-0.39, 0.29) is 61.1 Å². The topological polar surface area (TPSA) is 184 Å². The Morgan fingerprint density at radius 2 is 1.66 bits per heavy atom. The average molecular weight is 979 g/mol. The van der Waals surface area contributed by atoms with Gasteiger partial charge in [-0.1, -0.05) is 12.1 Å². The lowest BCUT2D eigenvalue weighted by atomic mass is 9.72. The van der Waals surface area contributed by atoms with Crippen LogP contribution >= 0.6 is 0 Å². The minimum Gasteiger partial charge on any atom is -0.372 e. The number of nitrogens with one attached hydrogen (secondary N) is 3. The van der Waals surface area contributed by atoms with Crippen LogP contribution in [0, 0.1) is 28.9 Å². The van der Waals surface area contributed by atoms with Crippen molar-refractivity contribution >= 4 is 67.6 Å². The van der Waals surface area contributed by atoms with E-state index in [9.17, 15) is 32.0 Å². The van der Waals surface area contributed by atoms with E-state index < -0.39 is 51.0 Å². The highest BCUT2D eigenvalue weighted by molar-refractivity contribution is 7.90. The average Bonchev–Trinajstić information content (AvgIpc) is 3.98. The number of alkyl halides is 1. The van der Waals surface area contributed by atoms with E-state index in [2.05, 4.69) is 53.2 Å². The molecule has 20 heteroatoms. The molecule has 6 aliphatic rings. The summed E-state index contributed by atoms with van der Waals surface area (Å²) in [6, 6.07) is 13.6. The van der Waals surface area contributed by atoms with Gasteiger partial charge in [-0.2, -0.15) is 12.7 Å². The van der Waals surface area contributed by atoms with Crippen LogP contribution in [0.2, 0.25) is 0 Å². The van der Waals surface area contributed by atoms with E-state index in [0.717, 1.165) is 110 Å². The molecule has 9 heterocycles. The molecule has 2 atom stereocenters. The van der Waals surface area contributed by atoms with Gasteiger partial charge in [-0.25, -0.2) is 23.1 Å². The molecule has 16 nitrogen and oxygen atoms in total. The first-order valence-corrected chi connectivity index (χ1v) is 25.5. The van der Waals surface area contributed by atoms with Crippen LogP contribution < -0.4 is 24.7 Å². The number of fused-ring (bicyclic) bond motifs is 2. The zero-order valence-electron chi connectivity index (χ0n) is 38.4. The molecule has 0 saturated carbocycles. The Kier molecular flexibility index (Phi) is 11.9. The second-order valence-corrected chi connectivity index (χ2v) is 21.6. The van der Waals surface area contributed by atoms with Crippen LogP contribution in [0.5, 0.6) is 0 Å². The van der Waals surface area contributed by atoms with Crippen molar-refractivity contribution in [3.63, 3.8) is 0 Å². The first-order valence-electron chi connectivity index (χ1n) is 24.1. The molecule has 5 saturated heterocycles. The second kappa shape index (κ2) is 18.1.